The maximum absolute atomic E-state index is 13.7. The van der Waals surface area contributed by atoms with Crippen LogP contribution >= 0.6 is 0 Å². The lowest BCUT2D eigenvalue weighted by Crippen LogP contribution is -2.61. The average molecular weight is 496 g/mol. The summed E-state index contributed by atoms with van der Waals surface area (Å²) < 4.78 is 10.5. The lowest BCUT2D eigenvalue weighted by molar-refractivity contribution is -0.121. The van der Waals surface area contributed by atoms with Crippen LogP contribution in [0.4, 0.5) is 0 Å². The third-order valence-corrected chi connectivity index (χ3v) is 7.72. The van der Waals surface area contributed by atoms with E-state index >= 15 is 0 Å². The molecule has 0 aromatic carbocycles. The van der Waals surface area contributed by atoms with Crippen molar-refractivity contribution >= 4 is 23.1 Å². The van der Waals surface area contributed by atoms with Crippen LogP contribution in [-0.4, -0.2) is 97.1 Å². The number of likely N-dealkylation sites (N-methyl/N-ethyl adjacent to an activating group) is 1. The molecule has 4 atom stereocenters. The Bertz CT molecular complexity index is 1260. The topological polar surface area (TPSA) is 137 Å². The average Bonchev–Trinajstić information content (AvgIpc) is 3.00. The van der Waals surface area contributed by atoms with E-state index in [0.717, 1.165) is 0 Å². The lowest BCUT2D eigenvalue weighted by atomic mass is 9.74. The molecule has 0 saturated heterocycles. The fourth-order valence-electron chi connectivity index (χ4n) is 5.99. The monoisotopic (exact) mass is 495 g/mol. The normalized spacial score (nSPS) is 29.3. The standard InChI is InChI=1S/C26H29N3O7/c1-11-21(31)13-7-15(28(3)4)17(9-27)29-16(19(13)23(33)25(11)35-5)8-14-20(18(29)10-30)24(34)26(36-6)12(2)22(14)32/h15-18,30H,7-8,10H2,1-6H3/t15?,16-,17-,18-/m0/s1. The summed E-state index contributed by atoms with van der Waals surface area (Å²) >= 11 is 0. The molecule has 10 heteroatoms. The first-order valence-electron chi connectivity index (χ1n) is 11.6. The second kappa shape index (κ2) is 9.24. The number of carbonyl (C=O) groups excluding carboxylic acids is 4. The van der Waals surface area contributed by atoms with E-state index in [1.807, 2.05) is 0 Å². The van der Waals surface area contributed by atoms with Crippen molar-refractivity contribution in [2.24, 2.45) is 0 Å². The molecule has 0 amide bonds. The molecular formula is C26H29N3O7. The molecule has 2 aliphatic heterocycles. The number of carbonyl (C=O) groups is 4. The van der Waals surface area contributed by atoms with Gasteiger partial charge < -0.3 is 19.5 Å². The Morgan fingerprint density at radius 1 is 0.917 bits per heavy atom. The van der Waals surface area contributed by atoms with Gasteiger partial charge in [-0.1, -0.05) is 0 Å². The molecule has 4 rings (SSSR count). The van der Waals surface area contributed by atoms with Crippen molar-refractivity contribution in [2.45, 2.75) is 50.9 Å². The van der Waals surface area contributed by atoms with Gasteiger partial charge in [-0.3, -0.25) is 24.1 Å². The number of ether oxygens (including phenoxy) is 2. The summed E-state index contributed by atoms with van der Waals surface area (Å²) in [6.07, 6.45) is 0.0364. The molecule has 0 aromatic heterocycles. The van der Waals surface area contributed by atoms with E-state index in [2.05, 4.69) is 6.07 Å². The van der Waals surface area contributed by atoms with Crippen LogP contribution in [0.5, 0.6) is 0 Å². The third kappa shape index (κ3) is 3.42. The Kier molecular flexibility index (Phi) is 6.60. The van der Waals surface area contributed by atoms with Crippen molar-refractivity contribution < 1.29 is 33.8 Å². The first kappa shape index (κ1) is 25.7. The van der Waals surface area contributed by atoms with Gasteiger partial charge in [-0.25, -0.2) is 0 Å². The number of aliphatic hydroxyl groups excluding tert-OH is 1. The molecule has 0 fully saturated rings. The minimum absolute atomic E-state index is 0.0660. The largest absolute Gasteiger partial charge is 0.492 e. The zero-order chi connectivity index (χ0) is 26.6. The van der Waals surface area contributed by atoms with Crippen LogP contribution in [0.2, 0.25) is 0 Å². The fraction of sp³-hybridized carbons (Fsp3) is 0.500. The smallest absolute Gasteiger partial charge is 0.226 e. The molecule has 1 N–H and O–H groups in total. The molecule has 190 valence electrons. The van der Waals surface area contributed by atoms with E-state index < -0.39 is 48.1 Å². The van der Waals surface area contributed by atoms with E-state index in [-0.39, 0.29) is 63.6 Å². The van der Waals surface area contributed by atoms with Crippen molar-refractivity contribution in [3.05, 3.63) is 45.0 Å². The maximum Gasteiger partial charge on any atom is 0.226 e. The number of hydrogen-bond donors (Lipinski definition) is 1. The highest BCUT2D eigenvalue weighted by Crippen LogP contribution is 2.45. The van der Waals surface area contributed by atoms with E-state index in [1.54, 1.807) is 23.9 Å². The van der Waals surface area contributed by atoms with Gasteiger partial charge in [-0.05, 0) is 40.8 Å². The van der Waals surface area contributed by atoms with Gasteiger partial charge in [0.25, 0.3) is 0 Å². The lowest BCUT2D eigenvalue weighted by Gasteiger charge is -2.47. The van der Waals surface area contributed by atoms with Crippen molar-refractivity contribution in [2.75, 3.05) is 34.9 Å². The van der Waals surface area contributed by atoms with Gasteiger partial charge in [-0.15, -0.1) is 0 Å². The first-order valence-corrected chi connectivity index (χ1v) is 11.6. The summed E-state index contributed by atoms with van der Waals surface area (Å²) in [6.45, 7) is 2.44. The molecule has 0 aromatic rings. The molecule has 0 bridgehead atoms. The molecule has 0 spiro atoms. The predicted molar refractivity (Wildman–Crippen MR) is 126 cm³/mol. The number of methoxy groups -OCH3 is 2. The summed E-state index contributed by atoms with van der Waals surface area (Å²) in [4.78, 5) is 57.4. The number of nitriles is 1. The van der Waals surface area contributed by atoms with Crippen molar-refractivity contribution in [1.82, 2.24) is 9.80 Å². The summed E-state index contributed by atoms with van der Waals surface area (Å²) in [5.74, 6) is -1.98. The minimum Gasteiger partial charge on any atom is -0.492 e. The summed E-state index contributed by atoms with van der Waals surface area (Å²) in [6, 6.07) is -1.12. The van der Waals surface area contributed by atoms with Crippen LogP contribution < -0.4 is 0 Å². The summed E-state index contributed by atoms with van der Waals surface area (Å²) in [5, 5.41) is 20.9. The van der Waals surface area contributed by atoms with Gasteiger partial charge in [0.1, 0.15) is 6.04 Å². The zero-order valence-corrected chi connectivity index (χ0v) is 21.2. The van der Waals surface area contributed by atoms with Gasteiger partial charge in [0.2, 0.25) is 11.6 Å². The molecule has 36 heavy (non-hydrogen) atoms. The van der Waals surface area contributed by atoms with Gasteiger partial charge in [0, 0.05) is 45.5 Å². The van der Waals surface area contributed by atoms with Crippen LogP contribution in [0.15, 0.2) is 45.0 Å². The summed E-state index contributed by atoms with van der Waals surface area (Å²) in [7, 11) is 6.14. The molecule has 2 aliphatic carbocycles. The Morgan fingerprint density at radius 2 is 1.42 bits per heavy atom. The Hall–Kier alpha value is -3.39. The highest BCUT2D eigenvalue weighted by molar-refractivity contribution is 6.26. The highest BCUT2D eigenvalue weighted by Gasteiger charge is 2.54. The maximum atomic E-state index is 13.7. The van der Waals surface area contributed by atoms with Gasteiger partial charge in [-0.2, -0.15) is 5.26 Å². The Balaban J connectivity index is 2.02. The number of Topliss-reactive ketones (excluding diaryl/α,β-unsaturated/α-hetero) is 4. The first-order chi connectivity index (χ1) is 17.0. The van der Waals surface area contributed by atoms with Crippen LogP contribution in [0.1, 0.15) is 26.7 Å². The fourth-order valence-corrected chi connectivity index (χ4v) is 5.99. The molecule has 0 radical (unpaired) electrons. The van der Waals surface area contributed by atoms with Crippen LogP contribution in [0, 0.1) is 11.3 Å². The molecule has 4 aliphatic rings. The molecule has 1 unspecified atom stereocenters. The van der Waals surface area contributed by atoms with Crippen LogP contribution in [0.25, 0.3) is 0 Å². The van der Waals surface area contributed by atoms with Crippen molar-refractivity contribution in [1.29, 1.82) is 5.26 Å². The third-order valence-electron chi connectivity index (χ3n) is 7.72. The van der Waals surface area contributed by atoms with Gasteiger partial charge in [0.15, 0.2) is 23.1 Å². The number of aliphatic hydroxyl groups is 1. The Morgan fingerprint density at radius 3 is 1.86 bits per heavy atom. The molecule has 10 nitrogen and oxygen atoms in total. The SMILES string of the molecule is COC1=C(C)C(=O)C2=C(C1=O)[C@H](CO)N1[C@@H](C2)C2=C(CC(N(C)C)[C@@H]1C#N)C(=O)C(C)=C(OC)C2=O. The predicted octanol–water partition coefficient (Wildman–Crippen LogP) is 0.385. The van der Waals surface area contributed by atoms with Gasteiger partial charge >= 0.3 is 0 Å². The second-order valence-electron chi connectivity index (χ2n) is 9.59. The van der Waals surface area contributed by atoms with Gasteiger partial charge in [0.05, 0.1) is 32.9 Å². The van der Waals surface area contributed by atoms with Crippen molar-refractivity contribution in [3.8, 4) is 6.07 Å². The number of nitrogens with zero attached hydrogens (tertiary/aromatic N) is 3. The number of fused-ring (bicyclic) bond motifs is 2. The second-order valence-corrected chi connectivity index (χ2v) is 9.59. The quantitative estimate of drug-likeness (QED) is 0.545. The number of allylic oxidation sites excluding steroid dienone is 4. The number of rotatable bonds is 4. The Labute approximate surface area is 209 Å². The molecular weight excluding hydrogens is 466 g/mol. The van der Waals surface area contributed by atoms with E-state index in [4.69, 9.17) is 9.47 Å². The number of ketones is 4. The zero-order valence-electron chi connectivity index (χ0n) is 21.2. The van der Waals surface area contributed by atoms with Crippen LogP contribution in [0.3, 0.4) is 0 Å². The molecule has 0 saturated carbocycles. The van der Waals surface area contributed by atoms with Crippen LogP contribution in [-0.2, 0) is 28.7 Å². The molecule has 2 heterocycles. The summed E-state index contributed by atoms with van der Waals surface area (Å²) in [5.41, 5.74) is 0.966. The highest BCUT2D eigenvalue weighted by atomic mass is 16.5. The van der Waals surface area contributed by atoms with E-state index in [9.17, 15) is 29.5 Å². The van der Waals surface area contributed by atoms with Crippen molar-refractivity contribution in [3.63, 3.8) is 0 Å². The number of hydrogen-bond acceptors (Lipinski definition) is 10. The van der Waals surface area contributed by atoms with E-state index in [1.165, 1.54) is 28.1 Å². The minimum atomic E-state index is -1.06. The van der Waals surface area contributed by atoms with E-state index in [0.29, 0.717) is 0 Å².